The summed E-state index contributed by atoms with van der Waals surface area (Å²) in [6, 6.07) is 1.98. The van der Waals surface area contributed by atoms with Crippen LogP contribution in [0, 0.1) is 5.41 Å². The molecule has 19 heavy (non-hydrogen) atoms. The zero-order valence-electron chi connectivity index (χ0n) is 12.9. The van der Waals surface area contributed by atoms with Crippen molar-refractivity contribution in [3.8, 4) is 0 Å². The molecule has 1 N–H and O–H groups in total. The molecule has 1 rings (SSSR count). The first-order chi connectivity index (χ1) is 8.85. The van der Waals surface area contributed by atoms with Gasteiger partial charge in [0.1, 0.15) is 18.2 Å². The number of anilines is 2. The average Bonchev–Trinajstić information content (AvgIpc) is 2.27. The van der Waals surface area contributed by atoms with E-state index in [2.05, 4.69) is 54.9 Å². The highest BCUT2D eigenvalue weighted by molar-refractivity contribution is 5.49. The summed E-state index contributed by atoms with van der Waals surface area (Å²) in [4.78, 5) is 11.1. The van der Waals surface area contributed by atoms with Gasteiger partial charge in [-0.1, -0.05) is 20.8 Å². The van der Waals surface area contributed by atoms with Gasteiger partial charge < -0.3 is 15.0 Å². The van der Waals surface area contributed by atoms with Gasteiger partial charge in [0, 0.05) is 33.3 Å². The number of nitrogens with one attached hydrogen (secondary N) is 1. The lowest BCUT2D eigenvalue weighted by atomic mass is 9.96. The molecule has 0 aromatic carbocycles. The molecule has 0 saturated carbocycles. The summed E-state index contributed by atoms with van der Waals surface area (Å²) >= 11 is 0. The molecule has 0 aliphatic rings. The van der Waals surface area contributed by atoms with E-state index in [-0.39, 0.29) is 5.41 Å². The van der Waals surface area contributed by atoms with E-state index >= 15 is 0 Å². The molecule has 0 aliphatic heterocycles. The average molecular weight is 266 g/mol. The summed E-state index contributed by atoms with van der Waals surface area (Å²) in [5, 5.41) is 3.23. The summed E-state index contributed by atoms with van der Waals surface area (Å²) < 4.78 is 5.13. The first-order valence-electron chi connectivity index (χ1n) is 6.67. The summed E-state index contributed by atoms with van der Waals surface area (Å²) in [6.45, 7) is 10.9. The third-order valence-electron chi connectivity index (χ3n) is 2.49. The summed E-state index contributed by atoms with van der Waals surface area (Å²) in [6.07, 6.45) is 0. The Labute approximate surface area is 116 Å². The van der Waals surface area contributed by atoms with Gasteiger partial charge in [-0.25, -0.2) is 9.97 Å². The monoisotopic (exact) mass is 266 g/mol. The minimum Gasteiger partial charge on any atom is -0.377 e. The fourth-order valence-electron chi connectivity index (χ4n) is 1.94. The van der Waals surface area contributed by atoms with Crippen LogP contribution in [-0.4, -0.2) is 37.2 Å². The van der Waals surface area contributed by atoms with Crippen LogP contribution in [0.5, 0.6) is 0 Å². The minimum absolute atomic E-state index is 0.222. The first-order valence-corrected chi connectivity index (χ1v) is 6.67. The molecule has 0 unspecified atom stereocenters. The molecule has 0 radical (unpaired) electrons. The predicted octanol–water partition coefficient (Wildman–Crippen LogP) is 2.54. The Kier molecular flexibility index (Phi) is 5.54. The van der Waals surface area contributed by atoms with Crippen molar-refractivity contribution in [3.05, 3.63) is 11.9 Å². The molecule has 0 bridgehead atoms. The van der Waals surface area contributed by atoms with Gasteiger partial charge in [-0.3, -0.25) is 0 Å². The summed E-state index contributed by atoms with van der Waals surface area (Å²) in [5.41, 5.74) is 0.222. The highest BCUT2D eigenvalue weighted by atomic mass is 16.5. The Morgan fingerprint density at radius 2 is 2.00 bits per heavy atom. The number of aromatic nitrogens is 2. The standard InChI is InChI=1S/C14H26N4O/c1-7-15-11-8-13(17-12(16-11)9-19-6)18(5)10-14(2,3)4/h8H,7,9-10H2,1-6H3,(H,15,16,17). The van der Waals surface area contributed by atoms with Crippen molar-refractivity contribution < 1.29 is 4.74 Å². The van der Waals surface area contributed by atoms with Gasteiger partial charge in [-0.2, -0.15) is 0 Å². The van der Waals surface area contributed by atoms with Crippen LogP contribution in [-0.2, 0) is 11.3 Å². The summed E-state index contributed by atoms with van der Waals surface area (Å²) in [5.74, 6) is 2.48. The van der Waals surface area contributed by atoms with E-state index in [0.717, 1.165) is 24.7 Å². The second-order valence-electron chi connectivity index (χ2n) is 5.91. The largest absolute Gasteiger partial charge is 0.377 e. The van der Waals surface area contributed by atoms with Gasteiger partial charge in [-0.15, -0.1) is 0 Å². The van der Waals surface area contributed by atoms with Crippen LogP contribution in [0.15, 0.2) is 6.07 Å². The summed E-state index contributed by atoms with van der Waals surface area (Å²) in [7, 11) is 3.71. The Morgan fingerprint density at radius 3 is 2.53 bits per heavy atom. The smallest absolute Gasteiger partial charge is 0.158 e. The van der Waals surface area contributed by atoms with E-state index in [9.17, 15) is 0 Å². The quantitative estimate of drug-likeness (QED) is 0.857. The van der Waals surface area contributed by atoms with Gasteiger partial charge in [0.25, 0.3) is 0 Å². The van der Waals surface area contributed by atoms with Gasteiger partial charge in [0.15, 0.2) is 5.82 Å². The molecule has 5 nitrogen and oxygen atoms in total. The highest BCUT2D eigenvalue weighted by Crippen LogP contribution is 2.20. The molecular weight excluding hydrogens is 240 g/mol. The van der Waals surface area contributed by atoms with Crippen LogP contribution in [0.4, 0.5) is 11.6 Å². The minimum atomic E-state index is 0.222. The molecule has 0 amide bonds. The first kappa shape index (κ1) is 15.7. The maximum Gasteiger partial charge on any atom is 0.158 e. The fraction of sp³-hybridized carbons (Fsp3) is 0.714. The number of rotatable bonds is 6. The van der Waals surface area contributed by atoms with Crippen LogP contribution in [0.3, 0.4) is 0 Å². The molecular formula is C14H26N4O. The predicted molar refractivity (Wildman–Crippen MR) is 79.6 cm³/mol. The number of hydrogen-bond acceptors (Lipinski definition) is 5. The van der Waals surface area contributed by atoms with Gasteiger partial charge in [0.2, 0.25) is 0 Å². The van der Waals surface area contributed by atoms with Gasteiger partial charge in [0.05, 0.1) is 0 Å². The number of ether oxygens (including phenoxy) is 1. The molecule has 1 aromatic heterocycles. The molecule has 0 spiro atoms. The molecule has 1 aromatic rings. The van der Waals surface area contributed by atoms with E-state index in [1.807, 2.05) is 6.07 Å². The second-order valence-corrected chi connectivity index (χ2v) is 5.91. The van der Waals surface area contributed by atoms with Crippen LogP contribution in [0.2, 0.25) is 0 Å². The number of nitrogens with zero attached hydrogens (tertiary/aromatic N) is 3. The van der Waals surface area contributed by atoms with E-state index < -0.39 is 0 Å². The van der Waals surface area contributed by atoms with E-state index in [4.69, 9.17) is 4.74 Å². The van der Waals surface area contributed by atoms with Crippen LogP contribution in [0.25, 0.3) is 0 Å². The Balaban J connectivity index is 2.97. The van der Waals surface area contributed by atoms with Gasteiger partial charge in [-0.05, 0) is 12.3 Å². The SMILES string of the molecule is CCNc1cc(N(C)CC(C)(C)C)nc(COC)n1. The van der Waals surface area contributed by atoms with Crippen molar-refractivity contribution in [1.82, 2.24) is 9.97 Å². The lowest BCUT2D eigenvalue weighted by Gasteiger charge is -2.27. The maximum absolute atomic E-state index is 5.13. The van der Waals surface area contributed by atoms with Crippen LogP contribution < -0.4 is 10.2 Å². The maximum atomic E-state index is 5.13. The third kappa shape index (κ3) is 5.42. The lowest BCUT2D eigenvalue weighted by molar-refractivity contribution is 0.178. The van der Waals surface area contributed by atoms with E-state index in [1.165, 1.54) is 0 Å². The van der Waals surface area contributed by atoms with Crippen molar-refractivity contribution in [3.63, 3.8) is 0 Å². The molecule has 0 aliphatic carbocycles. The zero-order chi connectivity index (χ0) is 14.5. The lowest BCUT2D eigenvalue weighted by Crippen LogP contribution is -2.30. The van der Waals surface area contributed by atoms with Crippen LogP contribution >= 0.6 is 0 Å². The highest BCUT2D eigenvalue weighted by Gasteiger charge is 2.16. The van der Waals surface area contributed by atoms with E-state index in [0.29, 0.717) is 12.4 Å². The Hall–Kier alpha value is -1.36. The topological polar surface area (TPSA) is 50.3 Å². The van der Waals surface area contributed by atoms with Gasteiger partial charge >= 0.3 is 0 Å². The molecule has 5 heteroatoms. The third-order valence-corrected chi connectivity index (χ3v) is 2.49. The van der Waals surface area contributed by atoms with Crippen molar-refractivity contribution in [2.75, 3.05) is 37.5 Å². The number of hydrogen-bond donors (Lipinski definition) is 1. The molecule has 0 fully saturated rings. The normalized spacial score (nSPS) is 11.5. The van der Waals surface area contributed by atoms with Crippen molar-refractivity contribution in [2.45, 2.75) is 34.3 Å². The van der Waals surface area contributed by atoms with E-state index in [1.54, 1.807) is 7.11 Å². The molecule has 0 atom stereocenters. The van der Waals surface area contributed by atoms with Crippen molar-refractivity contribution in [1.29, 1.82) is 0 Å². The van der Waals surface area contributed by atoms with Crippen molar-refractivity contribution in [2.24, 2.45) is 5.41 Å². The Morgan fingerprint density at radius 1 is 1.32 bits per heavy atom. The molecule has 0 saturated heterocycles. The van der Waals surface area contributed by atoms with Crippen LogP contribution in [0.1, 0.15) is 33.5 Å². The van der Waals surface area contributed by atoms with Crippen molar-refractivity contribution >= 4 is 11.6 Å². The molecule has 1 heterocycles. The Bertz CT molecular complexity index is 377. The number of methoxy groups -OCH3 is 1. The fourth-order valence-corrected chi connectivity index (χ4v) is 1.94. The zero-order valence-corrected chi connectivity index (χ0v) is 12.9. The molecule has 108 valence electrons. The second kappa shape index (κ2) is 6.70.